The van der Waals surface area contributed by atoms with Gasteiger partial charge in [0.15, 0.2) is 0 Å². The number of piperidine rings is 1. The van der Waals surface area contributed by atoms with Crippen molar-refractivity contribution in [2.75, 3.05) is 11.9 Å². The Morgan fingerprint density at radius 2 is 2.00 bits per heavy atom. The summed E-state index contributed by atoms with van der Waals surface area (Å²) in [5.74, 6) is 0.0939. The maximum Gasteiger partial charge on any atom is 0.241 e. The van der Waals surface area contributed by atoms with Crippen LogP contribution in [0.5, 0.6) is 0 Å². The van der Waals surface area contributed by atoms with E-state index in [1.54, 1.807) is 0 Å². The highest BCUT2D eigenvalue weighted by Crippen LogP contribution is 2.29. The van der Waals surface area contributed by atoms with Crippen molar-refractivity contribution in [2.24, 2.45) is 0 Å². The van der Waals surface area contributed by atoms with Gasteiger partial charge in [-0.3, -0.25) is 4.79 Å². The van der Waals surface area contributed by atoms with Gasteiger partial charge in [-0.2, -0.15) is 0 Å². The first-order chi connectivity index (χ1) is 8.98. The standard InChI is InChI=1S/C16H24N2O/c1-16(2,3)12-8-4-5-9-13(12)18-15(19)14-10-6-7-11-17-14/h4-5,8-9,14,17H,6-7,10-11H2,1-3H3,(H,18,19)/t14-/m0/s1. The third-order valence-corrected chi connectivity index (χ3v) is 3.62. The van der Waals surface area contributed by atoms with E-state index in [0.717, 1.165) is 25.1 Å². The van der Waals surface area contributed by atoms with E-state index in [9.17, 15) is 4.79 Å². The summed E-state index contributed by atoms with van der Waals surface area (Å²) in [6, 6.07) is 8.03. The highest BCUT2D eigenvalue weighted by Gasteiger charge is 2.23. The number of nitrogens with one attached hydrogen (secondary N) is 2. The summed E-state index contributed by atoms with van der Waals surface area (Å²) in [6.45, 7) is 7.43. The number of hydrogen-bond acceptors (Lipinski definition) is 2. The van der Waals surface area contributed by atoms with Crippen LogP contribution >= 0.6 is 0 Å². The van der Waals surface area contributed by atoms with Crippen molar-refractivity contribution in [2.45, 2.75) is 51.5 Å². The van der Waals surface area contributed by atoms with Gasteiger partial charge in [0, 0.05) is 5.69 Å². The predicted octanol–water partition coefficient (Wildman–Crippen LogP) is 3.06. The molecule has 3 heteroatoms. The maximum atomic E-state index is 12.3. The van der Waals surface area contributed by atoms with E-state index in [1.165, 1.54) is 12.0 Å². The van der Waals surface area contributed by atoms with Crippen LogP contribution in [0.3, 0.4) is 0 Å². The van der Waals surface area contributed by atoms with E-state index in [0.29, 0.717) is 0 Å². The van der Waals surface area contributed by atoms with Crippen molar-refractivity contribution in [3.8, 4) is 0 Å². The van der Waals surface area contributed by atoms with Gasteiger partial charge in [-0.15, -0.1) is 0 Å². The zero-order valence-electron chi connectivity index (χ0n) is 12.1. The van der Waals surface area contributed by atoms with Crippen LogP contribution in [-0.4, -0.2) is 18.5 Å². The Hall–Kier alpha value is -1.35. The summed E-state index contributed by atoms with van der Waals surface area (Å²) in [5.41, 5.74) is 2.15. The van der Waals surface area contributed by atoms with E-state index in [4.69, 9.17) is 0 Å². The fourth-order valence-electron chi connectivity index (χ4n) is 2.54. The number of para-hydroxylation sites is 1. The molecule has 1 fully saturated rings. The number of hydrogen-bond donors (Lipinski definition) is 2. The van der Waals surface area contributed by atoms with Gasteiger partial charge in [-0.25, -0.2) is 0 Å². The molecular formula is C16H24N2O. The first-order valence-corrected chi connectivity index (χ1v) is 7.12. The lowest BCUT2D eigenvalue weighted by Gasteiger charge is -2.26. The molecule has 0 unspecified atom stereocenters. The van der Waals surface area contributed by atoms with Crippen LogP contribution in [0, 0.1) is 0 Å². The van der Waals surface area contributed by atoms with Crippen LogP contribution in [0.4, 0.5) is 5.69 Å². The van der Waals surface area contributed by atoms with Gasteiger partial charge in [0.2, 0.25) is 5.91 Å². The Kier molecular flexibility index (Phi) is 4.25. The van der Waals surface area contributed by atoms with E-state index in [2.05, 4.69) is 37.5 Å². The molecule has 1 amide bonds. The second-order valence-corrected chi connectivity index (χ2v) is 6.29. The number of amides is 1. The lowest BCUT2D eigenvalue weighted by atomic mass is 9.85. The molecule has 0 bridgehead atoms. The van der Waals surface area contributed by atoms with E-state index < -0.39 is 0 Å². The summed E-state index contributed by atoms with van der Waals surface area (Å²) in [4.78, 5) is 12.3. The van der Waals surface area contributed by atoms with Gasteiger partial charge >= 0.3 is 0 Å². The van der Waals surface area contributed by atoms with Crippen molar-refractivity contribution >= 4 is 11.6 Å². The monoisotopic (exact) mass is 260 g/mol. The van der Waals surface area contributed by atoms with Gasteiger partial charge in [-0.1, -0.05) is 45.4 Å². The average molecular weight is 260 g/mol. The third kappa shape index (κ3) is 3.57. The molecule has 0 spiro atoms. The topological polar surface area (TPSA) is 41.1 Å². The lowest BCUT2D eigenvalue weighted by Crippen LogP contribution is -2.43. The van der Waals surface area contributed by atoms with E-state index in [1.807, 2.05) is 18.2 Å². The number of benzene rings is 1. The molecule has 0 aromatic heterocycles. The first-order valence-electron chi connectivity index (χ1n) is 7.12. The molecule has 1 atom stereocenters. The van der Waals surface area contributed by atoms with Crippen molar-refractivity contribution in [1.82, 2.24) is 5.32 Å². The van der Waals surface area contributed by atoms with E-state index >= 15 is 0 Å². The Bertz CT molecular complexity index is 442. The molecule has 1 aliphatic heterocycles. The summed E-state index contributed by atoms with van der Waals surface area (Å²) >= 11 is 0. The minimum atomic E-state index is -0.0400. The SMILES string of the molecule is CC(C)(C)c1ccccc1NC(=O)[C@@H]1CCCCN1. The lowest BCUT2D eigenvalue weighted by molar-refractivity contribution is -0.118. The fraction of sp³-hybridized carbons (Fsp3) is 0.562. The van der Waals surface area contributed by atoms with Gasteiger partial charge < -0.3 is 10.6 Å². The maximum absolute atomic E-state index is 12.3. The average Bonchev–Trinajstić information content (AvgIpc) is 2.39. The fourth-order valence-corrected chi connectivity index (χ4v) is 2.54. The highest BCUT2D eigenvalue weighted by atomic mass is 16.2. The molecule has 1 aliphatic rings. The molecule has 1 heterocycles. The normalized spacial score (nSPS) is 20.1. The Morgan fingerprint density at radius 1 is 1.26 bits per heavy atom. The van der Waals surface area contributed by atoms with E-state index in [-0.39, 0.29) is 17.4 Å². The molecule has 0 saturated carbocycles. The number of carbonyl (C=O) groups is 1. The predicted molar refractivity (Wildman–Crippen MR) is 79.4 cm³/mol. The molecule has 0 radical (unpaired) electrons. The van der Waals surface area contributed by atoms with Crippen molar-refractivity contribution in [3.05, 3.63) is 29.8 Å². The quantitative estimate of drug-likeness (QED) is 0.858. The molecule has 19 heavy (non-hydrogen) atoms. The molecule has 1 aromatic rings. The van der Waals surface area contributed by atoms with Crippen LogP contribution in [0.2, 0.25) is 0 Å². The van der Waals surface area contributed by atoms with Crippen LogP contribution < -0.4 is 10.6 Å². The second kappa shape index (κ2) is 5.74. The van der Waals surface area contributed by atoms with Crippen LogP contribution in [-0.2, 0) is 10.2 Å². The Balaban J connectivity index is 2.12. The van der Waals surface area contributed by atoms with Crippen LogP contribution in [0.15, 0.2) is 24.3 Å². The minimum absolute atomic E-state index is 0.0316. The minimum Gasteiger partial charge on any atom is -0.324 e. The molecule has 1 saturated heterocycles. The smallest absolute Gasteiger partial charge is 0.241 e. The Labute approximate surface area is 115 Å². The number of anilines is 1. The zero-order valence-corrected chi connectivity index (χ0v) is 12.1. The van der Waals surface area contributed by atoms with Gasteiger partial charge in [0.05, 0.1) is 6.04 Å². The van der Waals surface area contributed by atoms with Gasteiger partial charge in [0.25, 0.3) is 0 Å². The zero-order chi connectivity index (χ0) is 13.9. The van der Waals surface area contributed by atoms with Gasteiger partial charge in [-0.05, 0) is 36.4 Å². The Morgan fingerprint density at radius 3 is 2.63 bits per heavy atom. The summed E-state index contributed by atoms with van der Waals surface area (Å²) in [7, 11) is 0. The van der Waals surface area contributed by atoms with Gasteiger partial charge in [0.1, 0.15) is 0 Å². The molecule has 0 aliphatic carbocycles. The molecule has 104 valence electrons. The van der Waals surface area contributed by atoms with Crippen molar-refractivity contribution in [3.63, 3.8) is 0 Å². The molecule has 2 rings (SSSR count). The third-order valence-electron chi connectivity index (χ3n) is 3.62. The second-order valence-electron chi connectivity index (χ2n) is 6.29. The number of carbonyl (C=O) groups excluding carboxylic acids is 1. The molecular weight excluding hydrogens is 236 g/mol. The molecule has 1 aromatic carbocycles. The summed E-state index contributed by atoms with van der Waals surface area (Å²) in [6.07, 6.45) is 3.23. The molecule has 2 N–H and O–H groups in total. The van der Waals surface area contributed by atoms with Crippen molar-refractivity contribution < 1.29 is 4.79 Å². The summed E-state index contributed by atoms with van der Waals surface area (Å²) in [5, 5.41) is 6.37. The highest BCUT2D eigenvalue weighted by molar-refractivity contribution is 5.95. The molecule has 3 nitrogen and oxygen atoms in total. The summed E-state index contributed by atoms with van der Waals surface area (Å²) < 4.78 is 0. The van der Waals surface area contributed by atoms with Crippen LogP contribution in [0.25, 0.3) is 0 Å². The first kappa shape index (κ1) is 14.1. The van der Waals surface area contributed by atoms with Crippen molar-refractivity contribution in [1.29, 1.82) is 0 Å². The number of rotatable bonds is 2. The van der Waals surface area contributed by atoms with Crippen LogP contribution in [0.1, 0.15) is 45.6 Å². The largest absolute Gasteiger partial charge is 0.324 e.